The van der Waals surface area contributed by atoms with Crippen molar-refractivity contribution < 1.29 is 9.13 Å². The van der Waals surface area contributed by atoms with Crippen LogP contribution in [-0.2, 0) is 26.2 Å². The van der Waals surface area contributed by atoms with Gasteiger partial charge in [-0.15, -0.1) is 0 Å². The molecule has 0 fully saturated rings. The molecule has 0 aliphatic heterocycles. The van der Waals surface area contributed by atoms with Gasteiger partial charge in [0, 0.05) is 111 Å². The summed E-state index contributed by atoms with van der Waals surface area (Å²) >= 11 is 0. The van der Waals surface area contributed by atoms with Crippen molar-refractivity contribution in [3.05, 3.63) is 96.1 Å². The second-order valence-corrected chi connectivity index (χ2v) is 13.8. The number of hydrogen-bond donors (Lipinski definition) is 2. The minimum absolute atomic E-state index is 0. The second kappa shape index (κ2) is 16.4. The van der Waals surface area contributed by atoms with Crippen LogP contribution in [0.5, 0.6) is 0 Å². The van der Waals surface area contributed by atoms with Crippen molar-refractivity contribution in [3.8, 4) is 0 Å². The number of nitrogens with zero attached hydrogens (tertiary/aromatic N) is 4. The first-order chi connectivity index (χ1) is 23.4. The first-order valence-electron chi connectivity index (χ1n) is 17.8. The molecule has 0 amide bonds. The van der Waals surface area contributed by atoms with Gasteiger partial charge in [0.15, 0.2) is 0 Å². The predicted octanol–water partition coefficient (Wildman–Crippen LogP) is 8.12. The van der Waals surface area contributed by atoms with E-state index in [4.69, 9.17) is 0 Å². The Morgan fingerprint density at radius 3 is 1.16 bits per heavy atom. The van der Waals surface area contributed by atoms with Crippen LogP contribution in [-0.4, -0.2) is 42.3 Å². The molecule has 2 heterocycles. The largest absolute Gasteiger partial charge is 0.377 e. The van der Waals surface area contributed by atoms with Gasteiger partial charge in [0.2, 0.25) is 22.1 Å². The van der Waals surface area contributed by atoms with Crippen LogP contribution in [0.3, 0.4) is 0 Å². The van der Waals surface area contributed by atoms with E-state index in [9.17, 15) is 0 Å². The van der Waals surface area contributed by atoms with E-state index in [1.807, 2.05) is 14.1 Å². The van der Waals surface area contributed by atoms with E-state index in [-0.39, 0.29) is 7.43 Å². The molecule has 6 nitrogen and oxygen atoms in total. The maximum absolute atomic E-state index is 3.33. The minimum Gasteiger partial charge on any atom is -0.377 e. The van der Waals surface area contributed by atoms with Gasteiger partial charge in [-0.2, -0.15) is 9.13 Å². The fourth-order valence-electron chi connectivity index (χ4n) is 7.17. The van der Waals surface area contributed by atoms with E-state index in [2.05, 4.69) is 143 Å². The first kappa shape index (κ1) is 36.0. The van der Waals surface area contributed by atoms with Gasteiger partial charge >= 0.3 is 0 Å². The van der Waals surface area contributed by atoms with E-state index in [1.54, 1.807) is 0 Å². The van der Waals surface area contributed by atoms with Crippen LogP contribution in [0.1, 0.15) is 57.1 Å². The van der Waals surface area contributed by atoms with Crippen LogP contribution < -0.4 is 29.6 Å². The molecular formula is C43H58N6+2. The fourth-order valence-corrected chi connectivity index (χ4v) is 7.17. The number of nitrogens with one attached hydrogen (secondary N) is 2. The molecule has 0 spiro atoms. The van der Waals surface area contributed by atoms with Gasteiger partial charge in [0.25, 0.3) is 0 Å². The standard InChI is InChI=1S/C42H54N6.CH4/c1-43-29-31-13-15-33-25-34-16-14-32(30-44-2)24-40(34)47(39(33)23-31)21-11-9-7-8-10-12-22-48-41-27-37(45(3)4)19-17-35(41)26-36-18-20-38(46(5)6)28-42(36)48;/h13-20,23-28,43-44H,7-12,21-22,29-30H2,1-6H3;1H4/q+2;. The van der Waals surface area contributed by atoms with Gasteiger partial charge < -0.3 is 20.4 Å². The average Bonchev–Trinajstić information content (AvgIpc) is 3.08. The smallest absolute Gasteiger partial charge is 0.215 e. The number of rotatable bonds is 15. The van der Waals surface area contributed by atoms with E-state index < -0.39 is 0 Å². The zero-order chi connectivity index (χ0) is 33.6. The molecule has 2 aromatic heterocycles. The predicted molar refractivity (Wildman–Crippen MR) is 212 cm³/mol. The molecule has 6 heteroatoms. The van der Waals surface area contributed by atoms with Crippen molar-refractivity contribution >= 4 is 55.0 Å². The average molecular weight is 659 g/mol. The maximum atomic E-state index is 3.33. The number of hydrogen-bond acceptors (Lipinski definition) is 4. The van der Waals surface area contributed by atoms with Crippen molar-refractivity contribution in [3.63, 3.8) is 0 Å². The van der Waals surface area contributed by atoms with Gasteiger partial charge in [-0.1, -0.05) is 32.4 Å². The molecule has 6 aromatic rings. The highest BCUT2D eigenvalue weighted by Crippen LogP contribution is 2.26. The van der Waals surface area contributed by atoms with Crippen LogP contribution >= 0.6 is 0 Å². The summed E-state index contributed by atoms with van der Waals surface area (Å²) in [5.41, 5.74) is 10.5. The molecule has 0 saturated carbocycles. The van der Waals surface area contributed by atoms with Gasteiger partial charge in [-0.05, 0) is 86.6 Å². The monoisotopic (exact) mass is 658 g/mol. The minimum atomic E-state index is 0. The third kappa shape index (κ3) is 8.14. The van der Waals surface area contributed by atoms with E-state index in [0.717, 1.165) is 26.2 Å². The quantitative estimate of drug-likeness (QED) is 0.0664. The lowest BCUT2D eigenvalue weighted by Gasteiger charge is -2.15. The summed E-state index contributed by atoms with van der Waals surface area (Å²) in [6.45, 7) is 3.84. The van der Waals surface area contributed by atoms with Gasteiger partial charge in [-0.25, -0.2) is 0 Å². The Morgan fingerprint density at radius 1 is 0.449 bits per heavy atom. The highest BCUT2D eigenvalue weighted by atomic mass is 15.1. The SMILES string of the molecule is C.CNCc1ccc2cc3ccc(CNC)cc3[n+](CCCCCCCC[n+]3c4cc(N(C)C)ccc4cc4ccc(N(C)C)cc43)c2c1. The van der Waals surface area contributed by atoms with Crippen LogP contribution in [0.4, 0.5) is 11.4 Å². The van der Waals surface area contributed by atoms with Gasteiger partial charge in [0.1, 0.15) is 13.1 Å². The Bertz CT molecular complexity index is 1900. The van der Waals surface area contributed by atoms with E-state index >= 15 is 0 Å². The zero-order valence-electron chi connectivity index (χ0n) is 29.9. The number of pyridine rings is 2. The molecule has 0 atom stereocenters. The summed E-state index contributed by atoms with van der Waals surface area (Å²) in [4.78, 5) is 4.40. The van der Waals surface area contributed by atoms with Crippen molar-refractivity contribution in [2.75, 3.05) is 52.1 Å². The molecule has 0 saturated heterocycles. The number of aromatic nitrogens is 2. The highest BCUT2D eigenvalue weighted by Gasteiger charge is 2.19. The third-order valence-electron chi connectivity index (χ3n) is 9.81. The lowest BCUT2D eigenvalue weighted by atomic mass is 10.0. The Labute approximate surface area is 294 Å². The van der Waals surface area contributed by atoms with E-state index in [0.29, 0.717) is 0 Å². The van der Waals surface area contributed by atoms with Gasteiger partial charge in [-0.3, -0.25) is 0 Å². The maximum Gasteiger partial charge on any atom is 0.215 e. The molecule has 0 radical (unpaired) electrons. The third-order valence-corrected chi connectivity index (χ3v) is 9.81. The van der Waals surface area contributed by atoms with E-state index in [1.165, 1.54) is 105 Å². The molecule has 49 heavy (non-hydrogen) atoms. The number of aryl methyl sites for hydroxylation is 2. The summed E-state index contributed by atoms with van der Waals surface area (Å²) in [5, 5.41) is 11.9. The molecule has 2 N–H and O–H groups in total. The number of unbranched alkanes of at least 4 members (excludes halogenated alkanes) is 5. The fraction of sp³-hybridized carbons (Fsp3) is 0.395. The molecule has 0 bridgehead atoms. The summed E-state index contributed by atoms with van der Waals surface area (Å²) in [6, 6.07) is 32.3. The second-order valence-electron chi connectivity index (χ2n) is 13.8. The number of anilines is 2. The highest BCUT2D eigenvalue weighted by molar-refractivity contribution is 5.92. The van der Waals surface area contributed by atoms with Crippen LogP contribution in [0.25, 0.3) is 43.6 Å². The summed E-state index contributed by atoms with van der Waals surface area (Å²) < 4.78 is 5.15. The van der Waals surface area contributed by atoms with Crippen LogP contribution in [0.2, 0.25) is 0 Å². The lowest BCUT2D eigenvalue weighted by Crippen LogP contribution is -2.36. The van der Waals surface area contributed by atoms with Crippen molar-refractivity contribution in [2.24, 2.45) is 0 Å². The normalized spacial score (nSPS) is 11.5. The molecule has 6 rings (SSSR count). The summed E-state index contributed by atoms with van der Waals surface area (Å²) in [5.74, 6) is 0. The summed E-state index contributed by atoms with van der Waals surface area (Å²) in [7, 11) is 12.5. The Morgan fingerprint density at radius 2 is 0.796 bits per heavy atom. The van der Waals surface area contributed by atoms with Crippen molar-refractivity contribution in [2.45, 2.75) is 72.1 Å². The molecular weight excluding hydrogens is 601 g/mol. The Hall–Kier alpha value is -4.26. The Balaban J connectivity index is 0.00000468. The molecule has 258 valence electrons. The first-order valence-corrected chi connectivity index (χ1v) is 17.8. The van der Waals surface area contributed by atoms with Crippen LogP contribution in [0.15, 0.2) is 84.9 Å². The molecule has 4 aromatic carbocycles. The van der Waals surface area contributed by atoms with Crippen molar-refractivity contribution in [1.82, 2.24) is 10.6 Å². The van der Waals surface area contributed by atoms with Crippen molar-refractivity contribution in [1.29, 1.82) is 0 Å². The number of fused-ring (bicyclic) bond motifs is 4. The topological polar surface area (TPSA) is 38.3 Å². The molecule has 0 aliphatic carbocycles. The van der Waals surface area contributed by atoms with Gasteiger partial charge in [0.05, 0.1) is 0 Å². The van der Waals surface area contributed by atoms with Crippen LogP contribution in [0, 0.1) is 0 Å². The number of benzene rings is 4. The zero-order valence-corrected chi connectivity index (χ0v) is 29.9. The Kier molecular flexibility index (Phi) is 12.1. The molecule has 0 aliphatic rings. The summed E-state index contributed by atoms with van der Waals surface area (Å²) in [6.07, 6.45) is 7.42. The molecule has 0 unspecified atom stereocenters. The lowest BCUT2D eigenvalue weighted by molar-refractivity contribution is -0.646.